The third kappa shape index (κ3) is 3.58. The highest BCUT2D eigenvalue weighted by molar-refractivity contribution is 7.98. The van der Waals surface area contributed by atoms with Gasteiger partial charge in [-0.25, -0.2) is 4.98 Å². The van der Waals surface area contributed by atoms with E-state index in [0.29, 0.717) is 21.6 Å². The van der Waals surface area contributed by atoms with Crippen molar-refractivity contribution in [2.75, 3.05) is 5.75 Å². The number of thioether (sulfide) groups is 1. The van der Waals surface area contributed by atoms with Crippen LogP contribution in [0.2, 0.25) is 10.0 Å². The minimum atomic E-state index is -0.579. The number of fused-ring (bicyclic) bond motifs is 1. The van der Waals surface area contributed by atoms with Crippen molar-refractivity contribution in [3.05, 3.63) is 63.9 Å². The number of nitrogens with one attached hydrogen (secondary N) is 1. The van der Waals surface area contributed by atoms with E-state index in [1.165, 1.54) is 0 Å². The van der Waals surface area contributed by atoms with E-state index in [1.54, 1.807) is 30.0 Å². The molecule has 2 N–H and O–H groups in total. The first-order valence-electron chi connectivity index (χ1n) is 6.78. The van der Waals surface area contributed by atoms with Gasteiger partial charge in [-0.3, -0.25) is 0 Å². The number of aliphatic hydroxyl groups is 1. The predicted octanol–water partition coefficient (Wildman–Crippen LogP) is 4.84. The second-order valence-corrected chi connectivity index (χ2v) is 6.75. The van der Waals surface area contributed by atoms with Crippen LogP contribution in [0.25, 0.3) is 11.0 Å². The monoisotopic (exact) mass is 352 g/mol. The number of aromatic nitrogens is 2. The topological polar surface area (TPSA) is 48.9 Å². The highest BCUT2D eigenvalue weighted by Crippen LogP contribution is 2.27. The lowest BCUT2D eigenvalue weighted by Crippen LogP contribution is -2.01. The number of imidazole rings is 1. The summed E-state index contributed by atoms with van der Waals surface area (Å²) < 4.78 is 0. The molecule has 0 aliphatic heterocycles. The molecule has 2 aromatic carbocycles. The van der Waals surface area contributed by atoms with Crippen LogP contribution in [-0.2, 0) is 5.75 Å². The maximum atomic E-state index is 10.2. The van der Waals surface area contributed by atoms with Gasteiger partial charge in [0.05, 0.1) is 32.9 Å². The molecule has 1 atom stereocenters. The standard InChI is InChI=1S/C16H14Cl2N2OS/c17-11-6-5-10(7-12(11)18)15(21)8-22-9-16-19-13-3-1-2-4-14(13)20-16/h1-7,15,21H,8-9H2,(H,19,20). The van der Waals surface area contributed by atoms with Gasteiger partial charge in [0.2, 0.25) is 0 Å². The zero-order chi connectivity index (χ0) is 15.5. The van der Waals surface area contributed by atoms with Crippen molar-refractivity contribution < 1.29 is 5.11 Å². The number of nitrogens with zero attached hydrogens (tertiary/aromatic N) is 1. The first-order chi connectivity index (χ1) is 10.6. The van der Waals surface area contributed by atoms with Crippen LogP contribution < -0.4 is 0 Å². The van der Waals surface area contributed by atoms with E-state index in [0.717, 1.165) is 22.4 Å². The van der Waals surface area contributed by atoms with Gasteiger partial charge in [0.1, 0.15) is 5.82 Å². The molecule has 1 heterocycles. The number of aromatic amines is 1. The maximum absolute atomic E-state index is 10.2. The summed E-state index contributed by atoms with van der Waals surface area (Å²) in [5, 5.41) is 11.2. The minimum Gasteiger partial charge on any atom is -0.388 e. The van der Waals surface area contributed by atoms with Gasteiger partial charge >= 0.3 is 0 Å². The Bertz CT molecular complexity index is 758. The lowest BCUT2D eigenvalue weighted by molar-refractivity contribution is 0.204. The fraction of sp³-hybridized carbons (Fsp3) is 0.188. The molecule has 0 spiro atoms. The van der Waals surface area contributed by atoms with Crippen LogP contribution in [0.15, 0.2) is 42.5 Å². The average molecular weight is 353 g/mol. The van der Waals surface area contributed by atoms with Crippen molar-refractivity contribution in [2.24, 2.45) is 0 Å². The Kier molecular flexibility index (Phi) is 4.93. The summed E-state index contributed by atoms with van der Waals surface area (Å²) in [4.78, 5) is 7.78. The van der Waals surface area contributed by atoms with Crippen molar-refractivity contribution in [3.63, 3.8) is 0 Å². The summed E-state index contributed by atoms with van der Waals surface area (Å²) in [5.41, 5.74) is 2.76. The van der Waals surface area contributed by atoms with Gasteiger partial charge in [-0.15, -0.1) is 0 Å². The van der Waals surface area contributed by atoms with Crippen LogP contribution in [0.1, 0.15) is 17.5 Å². The summed E-state index contributed by atoms with van der Waals surface area (Å²) in [6.07, 6.45) is -0.579. The molecule has 0 radical (unpaired) electrons. The van der Waals surface area contributed by atoms with Gasteiger partial charge in [0, 0.05) is 5.75 Å². The largest absolute Gasteiger partial charge is 0.388 e. The molecule has 0 saturated heterocycles. The molecule has 0 amide bonds. The summed E-state index contributed by atoms with van der Waals surface area (Å²) >= 11 is 13.5. The number of H-pyrrole nitrogens is 1. The number of hydrogen-bond donors (Lipinski definition) is 2. The van der Waals surface area contributed by atoms with Crippen LogP contribution in [0, 0.1) is 0 Å². The fourth-order valence-electron chi connectivity index (χ4n) is 2.16. The van der Waals surface area contributed by atoms with Crippen LogP contribution in [0.5, 0.6) is 0 Å². The van der Waals surface area contributed by atoms with Crippen LogP contribution in [0.3, 0.4) is 0 Å². The lowest BCUT2D eigenvalue weighted by Gasteiger charge is -2.11. The van der Waals surface area contributed by atoms with Gasteiger partial charge in [-0.1, -0.05) is 41.4 Å². The third-order valence-corrected chi connectivity index (χ3v) is 5.05. The smallest absolute Gasteiger partial charge is 0.117 e. The van der Waals surface area contributed by atoms with E-state index in [9.17, 15) is 5.11 Å². The number of para-hydroxylation sites is 2. The van der Waals surface area contributed by atoms with Gasteiger partial charge in [-0.2, -0.15) is 11.8 Å². The summed E-state index contributed by atoms with van der Waals surface area (Å²) in [6.45, 7) is 0. The van der Waals surface area contributed by atoms with E-state index in [2.05, 4.69) is 9.97 Å². The quantitative estimate of drug-likeness (QED) is 0.690. The van der Waals surface area contributed by atoms with E-state index in [4.69, 9.17) is 23.2 Å². The number of halogens is 2. The minimum absolute atomic E-state index is 0.459. The molecule has 3 aromatic rings. The molecule has 0 fully saturated rings. The third-order valence-electron chi connectivity index (χ3n) is 3.28. The number of aliphatic hydroxyl groups excluding tert-OH is 1. The number of benzene rings is 2. The fourth-order valence-corrected chi connectivity index (χ4v) is 3.33. The zero-order valence-electron chi connectivity index (χ0n) is 11.6. The highest BCUT2D eigenvalue weighted by Gasteiger charge is 2.10. The summed E-state index contributed by atoms with van der Waals surface area (Å²) in [7, 11) is 0. The number of rotatable bonds is 5. The van der Waals surface area contributed by atoms with E-state index >= 15 is 0 Å². The van der Waals surface area contributed by atoms with E-state index in [1.807, 2.05) is 24.3 Å². The maximum Gasteiger partial charge on any atom is 0.117 e. The van der Waals surface area contributed by atoms with Gasteiger partial charge in [0.25, 0.3) is 0 Å². The second-order valence-electron chi connectivity index (χ2n) is 4.91. The Balaban J connectivity index is 1.58. The van der Waals surface area contributed by atoms with Crippen LogP contribution >= 0.6 is 35.0 Å². The predicted molar refractivity (Wildman–Crippen MR) is 93.7 cm³/mol. The van der Waals surface area contributed by atoms with Gasteiger partial charge < -0.3 is 10.1 Å². The lowest BCUT2D eigenvalue weighted by atomic mass is 10.1. The number of hydrogen-bond acceptors (Lipinski definition) is 3. The molecule has 0 aliphatic carbocycles. The Morgan fingerprint density at radius 3 is 2.73 bits per heavy atom. The Hall–Kier alpha value is -1.20. The Morgan fingerprint density at radius 2 is 1.95 bits per heavy atom. The molecular weight excluding hydrogens is 339 g/mol. The van der Waals surface area contributed by atoms with Crippen molar-refractivity contribution in [2.45, 2.75) is 11.9 Å². The van der Waals surface area contributed by atoms with Crippen LogP contribution in [-0.4, -0.2) is 20.8 Å². The zero-order valence-corrected chi connectivity index (χ0v) is 13.9. The average Bonchev–Trinajstić information content (AvgIpc) is 2.92. The van der Waals surface area contributed by atoms with Gasteiger partial charge in [0.15, 0.2) is 0 Å². The first kappa shape index (κ1) is 15.7. The molecule has 1 unspecified atom stereocenters. The molecule has 6 heteroatoms. The second kappa shape index (κ2) is 6.92. The Labute approximate surface area is 142 Å². The van der Waals surface area contributed by atoms with Crippen molar-refractivity contribution in [1.82, 2.24) is 9.97 Å². The van der Waals surface area contributed by atoms with E-state index < -0.39 is 6.10 Å². The normalized spacial score (nSPS) is 12.7. The molecule has 0 saturated carbocycles. The molecule has 0 aliphatic rings. The summed E-state index contributed by atoms with van der Waals surface area (Å²) in [6, 6.07) is 13.1. The SMILES string of the molecule is OC(CSCc1nc2ccccc2[nH]1)c1ccc(Cl)c(Cl)c1. The molecule has 114 valence electrons. The van der Waals surface area contributed by atoms with Gasteiger partial charge in [-0.05, 0) is 29.8 Å². The van der Waals surface area contributed by atoms with Crippen LogP contribution in [0.4, 0.5) is 0 Å². The van der Waals surface area contributed by atoms with Crippen molar-refractivity contribution in [3.8, 4) is 0 Å². The molecule has 0 bridgehead atoms. The Morgan fingerprint density at radius 1 is 1.14 bits per heavy atom. The molecule has 3 nitrogen and oxygen atoms in total. The highest BCUT2D eigenvalue weighted by atomic mass is 35.5. The molecular formula is C16H14Cl2N2OS. The van der Waals surface area contributed by atoms with E-state index in [-0.39, 0.29) is 0 Å². The molecule has 22 heavy (non-hydrogen) atoms. The van der Waals surface area contributed by atoms with Crippen molar-refractivity contribution >= 4 is 46.0 Å². The summed E-state index contributed by atoms with van der Waals surface area (Å²) in [5.74, 6) is 2.19. The molecule has 1 aromatic heterocycles. The first-order valence-corrected chi connectivity index (χ1v) is 8.69. The van der Waals surface area contributed by atoms with Crippen molar-refractivity contribution in [1.29, 1.82) is 0 Å². The molecule has 3 rings (SSSR count).